The molecule has 0 saturated carbocycles. The molecule has 0 aromatic carbocycles. The fourth-order valence-corrected chi connectivity index (χ4v) is 2.31. The van der Waals surface area contributed by atoms with Crippen LogP contribution in [0.4, 0.5) is 0 Å². The fraction of sp³-hybridized carbons (Fsp3) is 0.643. The van der Waals surface area contributed by atoms with Crippen molar-refractivity contribution >= 4 is 5.78 Å². The van der Waals surface area contributed by atoms with E-state index in [4.69, 9.17) is 14.2 Å². The molecule has 1 saturated heterocycles. The number of hydrogen-bond donors (Lipinski definition) is 0. The highest BCUT2D eigenvalue weighted by Crippen LogP contribution is 2.39. The first kappa shape index (κ1) is 13.5. The van der Waals surface area contributed by atoms with E-state index in [1.54, 1.807) is 6.08 Å². The van der Waals surface area contributed by atoms with E-state index in [9.17, 15) is 4.79 Å². The fourth-order valence-electron chi connectivity index (χ4n) is 2.31. The van der Waals surface area contributed by atoms with Gasteiger partial charge in [-0.15, -0.1) is 6.58 Å². The standard InChI is InChI=1S/C14H20O4/c1-5-10(2)12-8-14(18-13(3,4)17-12)7-6-11(15)9-16-14/h5-7,10,12H,1,8-9H2,2-4H3/t10-,12-,14-/m0/s1. The van der Waals surface area contributed by atoms with Crippen molar-refractivity contribution in [2.45, 2.75) is 44.9 Å². The number of ether oxygens (including phenoxy) is 3. The molecule has 0 unspecified atom stereocenters. The van der Waals surface area contributed by atoms with E-state index in [2.05, 4.69) is 6.58 Å². The second-order valence-corrected chi connectivity index (χ2v) is 5.36. The summed E-state index contributed by atoms with van der Waals surface area (Å²) in [7, 11) is 0. The predicted octanol–water partition coefficient (Wildman–Crippen LogP) is 2.20. The van der Waals surface area contributed by atoms with Crippen LogP contribution in [0, 0.1) is 5.92 Å². The smallest absolute Gasteiger partial charge is 0.194 e. The van der Waals surface area contributed by atoms with Crippen molar-refractivity contribution < 1.29 is 19.0 Å². The first-order valence-corrected chi connectivity index (χ1v) is 6.22. The number of ketones is 1. The Balaban J connectivity index is 2.24. The molecule has 2 heterocycles. The molecule has 0 N–H and O–H groups in total. The van der Waals surface area contributed by atoms with Gasteiger partial charge in [0.05, 0.1) is 6.10 Å². The lowest BCUT2D eigenvalue weighted by atomic mass is 9.93. The lowest BCUT2D eigenvalue weighted by molar-refractivity contribution is -0.386. The van der Waals surface area contributed by atoms with Gasteiger partial charge in [0.1, 0.15) is 6.61 Å². The van der Waals surface area contributed by atoms with Crippen LogP contribution in [0.1, 0.15) is 27.2 Å². The largest absolute Gasteiger partial charge is 0.346 e. The molecule has 2 aliphatic heterocycles. The van der Waals surface area contributed by atoms with Crippen LogP contribution in [0.3, 0.4) is 0 Å². The molecule has 4 heteroatoms. The molecule has 2 aliphatic rings. The lowest BCUT2D eigenvalue weighted by Crippen LogP contribution is -2.55. The number of hydrogen-bond acceptors (Lipinski definition) is 4. The molecule has 100 valence electrons. The van der Waals surface area contributed by atoms with Crippen molar-refractivity contribution in [1.29, 1.82) is 0 Å². The van der Waals surface area contributed by atoms with Gasteiger partial charge in [-0.25, -0.2) is 0 Å². The van der Waals surface area contributed by atoms with Crippen molar-refractivity contribution in [3.05, 3.63) is 24.8 Å². The van der Waals surface area contributed by atoms with E-state index in [0.29, 0.717) is 6.42 Å². The van der Waals surface area contributed by atoms with Crippen molar-refractivity contribution in [3.63, 3.8) is 0 Å². The number of rotatable bonds is 2. The molecule has 0 amide bonds. The maximum Gasteiger partial charge on any atom is 0.194 e. The van der Waals surface area contributed by atoms with E-state index in [1.165, 1.54) is 6.08 Å². The Bertz CT molecular complexity index is 385. The normalized spacial score (nSPS) is 36.6. The van der Waals surface area contributed by atoms with Crippen molar-refractivity contribution in [2.24, 2.45) is 5.92 Å². The number of carbonyl (C=O) groups is 1. The summed E-state index contributed by atoms with van der Waals surface area (Å²) >= 11 is 0. The monoisotopic (exact) mass is 252 g/mol. The second kappa shape index (κ2) is 4.61. The Hall–Kier alpha value is -0.970. The highest BCUT2D eigenvalue weighted by atomic mass is 16.8. The summed E-state index contributed by atoms with van der Waals surface area (Å²) in [4.78, 5) is 11.2. The van der Waals surface area contributed by atoms with Gasteiger partial charge in [0.2, 0.25) is 0 Å². The first-order valence-electron chi connectivity index (χ1n) is 6.22. The molecule has 0 aliphatic carbocycles. The quantitative estimate of drug-likeness (QED) is 0.707. The zero-order chi connectivity index (χ0) is 13.4. The summed E-state index contributed by atoms with van der Waals surface area (Å²) in [6.45, 7) is 9.60. The maximum absolute atomic E-state index is 11.2. The SMILES string of the molecule is C=C[C@H](C)[C@@H]1C[C@]2(C=CC(=O)CO2)OC(C)(C)O1. The summed E-state index contributed by atoms with van der Waals surface area (Å²) in [6, 6.07) is 0. The second-order valence-electron chi connectivity index (χ2n) is 5.36. The van der Waals surface area contributed by atoms with Gasteiger partial charge in [0.15, 0.2) is 17.4 Å². The van der Waals surface area contributed by atoms with Gasteiger partial charge in [-0.2, -0.15) is 0 Å². The van der Waals surface area contributed by atoms with Gasteiger partial charge < -0.3 is 14.2 Å². The Kier molecular flexibility index (Phi) is 3.45. The van der Waals surface area contributed by atoms with Crippen LogP contribution in [0.25, 0.3) is 0 Å². The summed E-state index contributed by atoms with van der Waals surface area (Å²) in [5, 5.41) is 0. The summed E-state index contributed by atoms with van der Waals surface area (Å²) in [5.74, 6) is -1.44. The molecule has 0 bridgehead atoms. The van der Waals surface area contributed by atoms with E-state index >= 15 is 0 Å². The third kappa shape index (κ3) is 2.71. The van der Waals surface area contributed by atoms with Crippen LogP contribution in [-0.2, 0) is 19.0 Å². The van der Waals surface area contributed by atoms with Gasteiger partial charge in [-0.05, 0) is 26.0 Å². The van der Waals surface area contributed by atoms with E-state index < -0.39 is 11.6 Å². The molecule has 0 aromatic heterocycles. The third-order valence-electron chi connectivity index (χ3n) is 3.28. The minimum absolute atomic E-state index is 0.0379. The highest BCUT2D eigenvalue weighted by molar-refractivity contribution is 5.91. The van der Waals surface area contributed by atoms with Gasteiger partial charge in [-0.3, -0.25) is 4.79 Å². The Morgan fingerprint density at radius 2 is 2.28 bits per heavy atom. The summed E-state index contributed by atoms with van der Waals surface area (Å²) < 4.78 is 17.4. The maximum atomic E-state index is 11.2. The lowest BCUT2D eigenvalue weighted by Gasteiger charge is -2.48. The van der Waals surface area contributed by atoms with E-state index in [1.807, 2.05) is 26.8 Å². The molecule has 3 atom stereocenters. The minimum atomic E-state index is -0.850. The Morgan fingerprint density at radius 1 is 1.56 bits per heavy atom. The van der Waals surface area contributed by atoms with Crippen molar-refractivity contribution in [3.8, 4) is 0 Å². The van der Waals surface area contributed by atoms with Gasteiger partial charge in [0, 0.05) is 12.3 Å². The average molecular weight is 252 g/mol. The van der Waals surface area contributed by atoms with Crippen LogP contribution in [0.5, 0.6) is 0 Å². The van der Waals surface area contributed by atoms with Crippen molar-refractivity contribution in [1.82, 2.24) is 0 Å². The van der Waals surface area contributed by atoms with Crippen LogP contribution < -0.4 is 0 Å². The van der Waals surface area contributed by atoms with Gasteiger partial charge >= 0.3 is 0 Å². The molecule has 2 rings (SSSR count). The van der Waals surface area contributed by atoms with Crippen LogP contribution in [0.2, 0.25) is 0 Å². The van der Waals surface area contributed by atoms with Gasteiger partial charge in [0.25, 0.3) is 0 Å². The predicted molar refractivity (Wildman–Crippen MR) is 66.8 cm³/mol. The molecular formula is C14H20O4. The zero-order valence-corrected chi connectivity index (χ0v) is 11.1. The van der Waals surface area contributed by atoms with E-state index in [-0.39, 0.29) is 24.4 Å². The molecule has 4 nitrogen and oxygen atoms in total. The van der Waals surface area contributed by atoms with Crippen LogP contribution >= 0.6 is 0 Å². The van der Waals surface area contributed by atoms with Crippen LogP contribution in [0.15, 0.2) is 24.8 Å². The topological polar surface area (TPSA) is 44.8 Å². The Morgan fingerprint density at radius 3 is 2.83 bits per heavy atom. The van der Waals surface area contributed by atoms with Gasteiger partial charge in [-0.1, -0.05) is 13.0 Å². The van der Waals surface area contributed by atoms with E-state index in [0.717, 1.165) is 0 Å². The minimum Gasteiger partial charge on any atom is -0.346 e. The zero-order valence-electron chi connectivity index (χ0n) is 11.1. The summed E-state index contributed by atoms with van der Waals surface area (Å²) in [6.07, 6.45) is 5.61. The summed E-state index contributed by atoms with van der Waals surface area (Å²) in [5.41, 5.74) is 0. The highest BCUT2D eigenvalue weighted by Gasteiger charge is 2.47. The van der Waals surface area contributed by atoms with Crippen molar-refractivity contribution in [2.75, 3.05) is 6.61 Å². The Labute approximate surface area is 108 Å². The van der Waals surface area contributed by atoms with Crippen LogP contribution in [-0.4, -0.2) is 30.1 Å². The number of carbonyl (C=O) groups excluding carboxylic acids is 1. The molecule has 1 fully saturated rings. The third-order valence-corrected chi connectivity index (χ3v) is 3.28. The molecule has 0 aromatic rings. The average Bonchev–Trinajstić information content (AvgIpc) is 2.30. The molecule has 18 heavy (non-hydrogen) atoms. The molecule has 1 spiro atoms. The first-order chi connectivity index (χ1) is 8.36. The molecular weight excluding hydrogens is 232 g/mol. The molecule has 0 radical (unpaired) electrons.